The molecule has 1 amide bonds. The van der Waals surface area contributed by atoms with E-state index < -0.39 is 11.9 Å². The van der Waals surface area contributed by atoms with Gasteiger partial charge in [0, 0.05) is 43.0 Å². The molecule has 8 nitrogen and oxygen atoms in total. The van der Waals surface area contributed by atoms with Crippen LogP contribution < -0.4 is 15.6 Å². The predicted molar refractivity (Wildman–Crippen MR) is 116 cm³/mol. The van der Waals surface area contributed by atoms with Gasteiger partial charge in [-0.1, -0.05) is 19.9 Å². The summed E-state index contributed by atoms with van der Waals surface area (Å²) in [6.45, 7) is 5.00. The highest BCUT2D eigenvalue weighted by Crippen LogP contribution is 2.26. The summed E-state index contributed by atoms with van der Waals surface area (Å²) in [6, 6.07) is 8.47. The summed E-state index contributed by atoms with van der Waals surface area (Å²) < 4.78 is 25.5. The summed E-state index contributed by atoms with van der Waals surface area (Å²) in [6.07, 6.45) is 1.79. The van der Waals surface area contributed by atoms with Gasteiger partial charge in [0.15, 0.2) is 12.3 Å². The van der Waals surface area contributed by atoms with E-state index in [2.05, 4.69) is 15.4 Å². The van der Waals surface area contributed by atoms with Crippen molar-refractivity contribution in [3.8, 4) is 5.75 Å². The van der Waals surface area contributed by atoms with E-state index in [4.69, 9.17) is 9.47 Å². The molecule has 9 heteroatoms. The van der Waals surface area contributed by atoms with Crippen molar-refractivity contribution in [3.63, 3.8) is 0 Å². The molecule has 0 spiro atoms. The molecule has 3 aromatic rings. The van der Waals surface area contributed by atoms with Crippen molar-refractivity contribution in [2.75, 3.05) is 19.8 Å². The molecule has 1 aromatic carbocycles. The molecule has 2 aromatic heterocycles. The number of aromatic nitrogens is 3. The molecule has 3 heterocycles. The van der Waals surface area contributed by atoms with Crippen LogP contribution in [0.4, 0.5) is 4.39 Å². The van der Waals surface area contributed by atoms with Gasteiger partial charge in [-0.3, -0.25) is 14.7 Å². The Kier molecular flexibility index (Phi) is 6.55. The van der Waals surface area contributed by atoms with Gasteiger partial charge in [-0.05, 0) is 30.9 Å². The lowest BCUT2D eigenvalue weighted by atomic mass is 9.97. The van der Waals surface area contributed by atoms with Crippen molar-refractivity contribution < 1.29 is 18.7 Å². The van der Waals surface area contributed by atoms with Crippen molar-refractivity contribution in [2.45, 2.75) is 38.6 Å². The predicted octanol–water partition coefficient (Wildman–Crippen LogP) is 2.95. The Morgan fingerprint density at radius 3 is 2.81 bits per heavy atom. The molecule has 0 bridgehead atoms. The first kappa shape index (κ1) is 22.0. The van der Waals surface area contributed by atoms with Gasteiger partial charge in [0.05, 0.1) is 11.7 Å². The summed E-state index contributed by atoms with van der Waals surface area (Å²) in [7, 11) is 0. The number of aromatic amines is 1. The number of ether oxygens (including phenoxy) is 2. The van der Waals surface area contributed by atoms with Gasteiger partial charge >= 0.3 is 0 Å². The highest BCUT2D eigenvalue weighted by Gasteiger charge is 2.23. The summed E-state index contributed by atoms with van der Waals surface area (Å²) in [5.41, 5.74) is 1.73. The second kappa shape index (κ2) is 9.52. The van der Waals surface area contributed by atoms with Crippen LogP contribution in [0.2, 0.25) is 0 Å². The number of hydrogen-bond acceptors (Lipinski definition) is 5. The van der Waals surface area contributed by atoms with E-state index in [9.17, 15) is 14.0 Å². The van der Waals surface area contributed by atoms with E-state index in [0.717, 1.165) is 18.5 Å². The molecular weight excluding hydrogens is 415 g/mol. The number of halogens is 1. The first-order chi connectivity index (χ1) is 15.4. The third-order valence-corrected chi connectivity index (χ3v) is 5.62. The summed E-state index contributed by atoms with van der Waals surface area (Å²) in [5.74, 6) is -0.267. The summed E-state index contributed by atoms with van der Waals surface area (Å²) in [4.78, 5) is 29.9. The number of carbonyl (C=O) groups excluding carboxylic acids is 1. The average molecular weight is 442 g/mol. The van der Waals surface area contributed by atoms with Crippen LogP contribution in [0.3, 0.4) is 0 Å². The van der Waals surface area contributed by atoms with Crippen LogP contribution in [0.1, 0.15) is 50.0 Å². The molecule has 0 radical (unpaired) electrons. The lowest BCUT2D eigenvalue weighted by molar-refractivity contribution is -0.124. The lowest BCUT2D eigenvalue weighted by Gasteiger charge is -2.22. The Balaban J connectivity index is 1.51. The number of hydrogen-bond donors (Lipinski definition) is 2. The standard InChI is InChI=1S/C23H27FN4O4/c1-14(2)23(26-21(29)13-32-17-5-3-4-16(24)10-17)19-12-22(30)28-20(25-19)11-18(27-28)15-6-8-31-9-7-15/h3-5,10-12,14-15,23,27H,6-9,13H2,1-2H3,(H,26,29)/t23-/m1/s1. The van der Waals surface area contributed by atoms with Gasteiger partial charge in [0.25, 0.3) is 11.5 Å². The van der Waals surface area contributed by atoms with Crippen LogP contribution >= 0.6 is 0 Å². The van der Waals surface area contributed by atoms with Crippen molar-refractivity contribution in [1.82, 2.24) is 19.9 Å². The van der Waals surface area contributed by atoms with Gasteiger partial charge in [-0.25, -0.2) is 13.9 Å². The van der Waals surface area contributed by atoms with Crippen molar-refractivity contribution >= 4 is 11.6 Å². The van der Waals surface area contributed by atoms with E-state index in [0.29, 0.717) is 30.5 Å². The van der Waals surface area contributed by atoms with Gasteiger partial charge in [0.1, 0.15) is 11.6 Å². The smallest absolute Gasteiger partial charge is 0.272 e. The number of benzene rings is 1. The molecule has 4 rings (SSSR count). The minimum atomic E-state index is -0.474. The SMILES string of the molecule is CC(C)[C@@H](NC(=O)COc1cccc(F)c1)c1cc(=O)n2[nH]c(C3CCOCC3)cc2n1. The maximum atomic E-state index is 13.3. The number of amides is 1. The zero-order valence-electron chi connectivity index (χ0n) is 18.1. The molecule has 1 aliphatic heterocycles. The second-order valence-electron chi connectivity index (χ2n) is 8.35. The zero-order chi connectivity index (χ0) is 22.7. The van der Waals surface area contributed by atoms with E-state index in [-0.39, 0.29) is 29.7 Å². The fraction of sp³-hybridized carbons (Fsp3) is 0.435. The van der Waals surface area contributed by atoms with Crippen LogP contribution in [-0.2, 0) is 9.53 Å². The first-order valence-electron chi connectivity index (χ1n) is 10.8. The third-order valence-electron chi connectivity index (χ3n) is 5.62. The van der Waals surface area contributed by atoms with Crippen molar-refractivity contribution in [2.24, 2.45) is 5.92 Å². The Morgan fingerprint density at radius 1 is 1.31 bits per heavy atom. The molecular formula is C23H27FN4O4. The normalized spacial score (nSPS) is 15.8. The van der Waals surface area contributed by atoms with Crippen LogP contribution in [0.15, 0.2) is 41.2 Å². The monoisotopic (exact) mass is 442 g/mol. The molecule has 1 saturated heterocycles. The van der Waals surface area contributed by atoms with Gasteiger partial charge in [-0.2, -0.15) is 0 Å². The summed E-state index contributed by atoms with van der Waals surface area (Å²) >= 11 is 0. The van der Waals surface area contributed by atoms with Crippen molar-refractivity contribution in [1.29, 1.82) is 0 Å². The highest BCUT2D eigenvalue weighted by molar-refractivity contribution is 5.78. The van der Waals surface area contributed by atoms with E-state index in [1.54, 1.807) is 6.07 Å². The molecule has 0 saturated carbocycles. The van der Waals surface area contributed by atoms with Crippen molar-refractivity contribution in [3.05, 3.63) is 64.0 Å². The van der Waals surface area contributed by atoms with Crippen LogP contribution in [0.5, 0.6) is 5.75 Å². The fourth-order valence-corrected chi connectivity index (χ4v) is 3.91. The van der Waals surface area contributed by atoms with Crippen LogP contribution in [-0.4, -0.2) is 40.3 Å². The quantitative estimate of drug-likeness (QED) is 0.586. The maximum absolute atomic E-state index is 13.3. The molecule has 1 fully saturated rings. The Labute approximate surface area is 184 Å². The Morgan fingerprint density at radius 2 is 2.09 bits per heavy atom. The average Bonchev–Trinajstić information content (AvgIpc) is 3.21. The Hall–Kier alpha value is -3.20. The highest BCUT2D eigenvalue weighted by atomic mass is 19.1. The fourth-order valence-electron chi connectivity index (χ4n) is 3.91. The van der Waals surface area contributed by atoms with E-state index >= 15 is 0 Å². The summed E-state index contributed by atoms with van der Waals surface area (Å²) in [5, 5.41) is 6.05. The molecule has 1 atom stereocenters. The number of nitrogens with zero attached hydrogens (tertiary/aromatic N) is 2. The number of H-pyrrole nitrogens is 1. The number of rotatable bonds is 7. The minimum Gasteiger partial charge on any atom is -0.484 e. The van der Waals surface area contributed by atoms with Gasteiger partial charge in [0.2, 0.25) is 0 Å². The van der Waals surface area contributed by atoms with Crippen LogP contribution in [0, 0.1) is 11.7 Å². The molecule has 0 unspecified atom stereocenters. The third kappa shape index (κ3) is 4.99. The largest absolute Gasteiger partial charge is 0.484 e. The Bertz CT molecular complexity index is 1150. The first-order valence-corrected chi connectivity index (χ1v) is 10.8. The molecule has 2 N–H and O–H groups in total. The molecule has 0 aliphatic carbocycles. The second-order valence-corrected chi connectivity index (χ2v) is 8.35. The lowest BCUT2D eigenvalue weighted by Crippen LogP contribution is -2.36. The minimum absolute atomic E-state index is 0.0172. The number of fused-ring (bicyclic) bond motifs is 1. The zero-order valence-corrected chi connectivity index (χ0v) is 18.1. The molecule has 170 valence electrons. The van der Waals surface area contributed by atoms with E-state index in [1.807, 2.05) is 19.9 Å². The van der Waals surface area contributed by atoms with Gasteiger partial charge in [-0.15, -0.1) is 0 Å². The topological polar surface area (TPSA) is 97.7 Å². The van der Waals surface area contributed by atoms with E-state index in [1.165, 1.54) is 28.8 Å². The number of nitrogens with one attached hydrogen (secondary N) is 2. The maximum Gasteiger partial charge on any atom is 0.272 e. The van der Waals surface area contributed by atoms with Crippen LogP contribution in [0.25, 0.3) is 5.65 Å². The van der Waals surface area contributed by atoms with Gasteiger partial charge < -0.3 is 14.8 Å². The number of carbonyl (C=O) groups is 1. The molecule has 32 heavy (non-hydrogen) atoms. The molecule has 1 aliphatic rings.